The first kappa shape index (κ1) is 53.1. The molecule has 0 saturated heterocycles. The third-order valence-electron chi connectivity index (χ3n) is 10.9. The first-order chi connectivity index (χ1) is 35.3. The van der Waals surface area contributed by atoms with Gasteiger partial charge in [-0.05, 0) is 145 Å². The highest BCUT2D eigenvalue weighted by Crippen LogP contribution is 2.31. The molecule has 0 fully saturated rings. The molecule has 4 N–H and O–H groups in total. The van der Waals surface area contributed by atoms with E-state index in [0.29, 0.717) is 48.2 Å². The summed E-state index contributed by atoms with van der Waals surface area (Å²) in [7, 11) is 0. The Morgan fingerprint density at radius 3 is 1.27 bits per heavy atom. The van der Waals surface area contributed by atoms with E-state index in [-0.39, 0.29) is 73.4 Å². The molecule has 0 unspecified atom stereocenters. The van der Waals surface area contributed by atoms with Gasteiger partial charge in [0, 0.05) is 41.8 Å². The van der Waals surface area contributed by atoms with Crippen molar-refractivity contribution in [2.45, 2.75) is 38.5 Å². The highest BCUT2D eigenvalue weighted by atomic mass is 19.1. The van der Waals surface area contributed by atoms with Crippen LogP contribution in [-0.4, -0.2) is 50.3 Å². The van der Waals surface area contributed by atoms with Gasteiger partial charge in [0.25, 0.3) is 0 Å². The summed E-state index contributed by atoms with van der Waals surface area (Å²) in [4.78, 5) is 52.2. The standard InChI is InChI=1S/C57H50F2N4O10/c58-49-33-43(15-25-51(49)68-31-3-1-29-60)55(66)72-47-21-9-39(10-22-47)13-27-53(64)70-37-57(35-41-5-17-45(62)18-6-41,36-42-7-19-46(63)20-8-42)38-71-54(65)28-14-40-11-23-48(24-12-40)73-56(67)44-16-26-52(50(59)34-44)69-32-4-2-30-61/h5-28,33-34H,1-4,31-32,35-38,62-63H2. The monoisotopic (exact) mass is 988 g/mol. The van der Waals surface area contributed by atoms with Crippen LogP contribution in [0.3, 0.4) is 0 Å². The van der Waals surface area contributed by atoms with Gasteiger partial charge in [-0.3, -0.25) is 0 Å². The van der Waals surface area contributed by atoms with Crippen LogP contribution >= 0.6 is 0 Å². The van der Waals surface area contributed by atoms with Gasteiger partial charge >= 0.3 is 23.9 Å². The number of esters is 4. The molecule has 0 aliphatic heterocycles. The van der Waals surface area contributed by atoms with E-state index >= 15 is 0 Å². The Bertz CT molecular complexity index is 2800. The Morgan fingerprint density at radius 2 is 0.918 bits per heavy atom. The average Bonchev–Trinajstić information content (AvgIpc) is 3.39. The Hall–Kier alpha value is -9.28. The fourth-order valence-electron chi connectivity index (χ4n) is 7.10. The summed E-state index contributed by atoms with van der Waals surface area (Å²) in [6.45, 7) is -0.0566. The van der Waals surface area contributed by atoms with Crippen molar-refractivity contribution in [1.29, 1.82) is 10.5 Å². The zero-order valence-corrected chi connectivity index (χ0v) is 39.5. The normalized spacial score (nSPS) is 11.1. The quantitative estimate of drug-likeness (QED) is 0.0189. The fraction of sp³-hybridized carbons (Fsp3) is 0.193. The van der Waals surface area contributed by atoms with Crippen molar-refractivity contribution in [2.75, 3.05) is 37.9 Å². The molecule has 0 saturated carbocycles. The molecule has 16 heteroatoms. The molecule has 0 atom stereocenters. The molecule has 0 aliphatic carbocycles. The molecule has 0 radical (unpaired) electrons. The number of anilines is 2. The van der Waals surface area contributed by atoms with Crippen LogP contribution in [0.25, 0.3) is 12.2 Å². The number of carbonyl (C=O) groups excluding carboxylic acids is 4. The molecule has 0 bridgehead atoms. The fourth-order valence-corrected chi connectivity index (χ4v) is 7.10. The lowest BCUT2D eigenvalue weighted by atomic mass is 9.77. The topological polar surface area (TPSA) is 223 Å². The van der Waals surface area contributed by atoms with E-state index in [1.54, 1.807) is 48.5 Å². The van der Waals surface area contributed by atoms with E-state index in [9.17, 15) is 28.0 Å². The van der Waals surface area contributed by atoms with Crippen LogP contribution in [0.2, 0.25) is 0 Å². The molecule has 73 heavy (non-hydrogen) atoms. The molecule has 0 heterocycles. The lowest BCUT2D eigenvalue weighted by molar-refractivity contribution is -0.148. The molecule has 0 aromatic heterocycles. The van der Waals surface area contributed by atoms with Gasteiger partial charge in [0.1, 0.15) is 24.7 Å². The minimum atomic E-state index is -1.00. The van der Waals surface area contributed by atoms with Crippen LogP contribution < -0.4 is 30.4 Å². The number of hydrogen-bond acceptors (Lipinski definition) is 14. The number of carbonyl (C=O) groups is 4. The number of nitrogens with zero attached hydrogens (tertiary/aromatic N) is 2. The lowest BCUT2D eigenvalue weighted by Crippen LogP contribution is -2.38. The van der Waals surface area contributed by atoms with Crippen LogP contribution in [-0.2, 0) is 31.9 Å². The lowest BCUT2D eigenvalue weighted by Gasteiger charge is -2.33. The number of hydrogen-bond donors (Lipinski definition) is 2. The number of nitrogen functional groups attached to an aromatic ring is 2. The number of benzene rings is 6. The van der Waals surface area contributed by atoms with Gasteiger partial charge in [0.15, 0.2) is 23.1 Å². The molecule has 6 aromatic rings. The van der Waals surface area contributed by atoms with Gasteiger partial charge in [-0.15, -0.1) is 0 Å². The number of unbranched alkanes of at least 4 members (excludes halogenated alkanes) is 2. The zero-order chi connectivity index (χ0) is 52.0. The van der Waals surface area contributed by atoms with E-state index in [4.69, 9.17) is 50.4 Å². The van der Waals surface area contributed by atoms with Crippen molar-refractivity contribution in [3.63, 3.8) is 0 Å². The molecule has 6 aromatic carbocycles. The van der Waals surface area contributed by atoms with Gasteiger partial charge in [-0.1, -0.05) is 48.5 Å². The predicted molar refractivity (Wildman–Crippen MR) is 268 cm³/mol. The maximum atomic E-state index is 14.6. The predicted octanol–water partition coefficient (Wildman–Crippen LogP) is 10.2. The van der Waals surface area contributed by atoms with Crippen LogP contribution in [0.1, 0.15) is 68.7 Å². The van der Waals surface area contributed by atoms with Crippen LogP contribution in [0.15, 0.2) is 146 Å². The van der Waals surface area contributed by atoms with E-state index in [1.165, 1.54) is 72.8 Å². The van der Waals surface area contributed by atoms with E-state index in [2.05, 4.69) is 0 Å². The second-order valence-electron chi connectivity index (χ2n) is 16.6. The summed E-state index contributed by atoms with van der Waals surface area (Å²) < 4.78 is 62.4. The van der Waals surface area contributed by atoms with Gasteiger partial charge in [0.05, 0.1) is 36.5 Å². The van der Waals surface area contributed by atoms with Crippen molar-refractivity contribution < 1.29 is 56.4 Å². The molecule has 372 valence electrons. The maximum absolute atomic E-state index is 14.6. The summed E-state index contributed by atoms with van der Waals surface area (Å²) in [6.07, 6.45) is 7.51. The van der Waals surface area contributed by atoms with E-state index in [0.717, 1.165) is 23.3 Å². The average molecular weight is 989 g/mol. The Balaban J connectivity index is 1.09. The summed E-state index contributed by atoms with van der Waals surface area (Å²) >= 11 is 0. The van der Waals surface area contributed by atoms with Crippen molar-refractivity contribution in [2.24, 2.45) is 5.41 Å². The van der Waals surface area contributed by atoms with Crippen molar-refractivity contribution in [3.8, 4) is 35.1 Å². The zero-order valence-electron chi connectivity index (χ0n) is 39.5. The number of nitrogens with two attached hydrogens (primary N) is 2. The summed E-state index contributed by atoms with van der Waals surface area (Å²) in [6, 6.07) is 38.2. The van der Waals surface area contributed by atoms with E-state index < -0.39 is 40.9 Å². The van der Waals surface area contributed by atoms with Gasteiger partial charge in [-0.25, -0.2) is 28.0 Å². The first-order valence-corrected chi connectivity index (χ1v) is 22.9. The number of nitriles is 2. The Morgan fingerprint density at radius 1 is 0.534 bits per heavy atom. The Kier molecular flexibility index (Phi) is 19.4. The molecule has 0 spiro atoms. The number of rotatable bonds is 24. The highest BCUT2D eigenvalue weighted by molar-refractivity contribution is 5.92. The number of halogens is 2. The first-order valence-electron chi connectivity index (χ1n) is 22.9. The maximum Gasteiger partial charge on any atom is 0.343 e. The minimum Gasteiger partial charge on any atom is -0.490 e. The SMILES string of the molecule is N#CCCCOc1ccc(C(=O)Oc2ccc(C=CC(=O)OCC(COC(=O)C=Cc3ccc(OC(=O)c4ccc(OCCCC#N)c(F)c4)cc3)(Cc3ccc(N)cc3)Cc3ccc(N)cc3)cc2)cc1F. The molecular weight excluding hydrogens is 939 g/mol. The second kappa shape index (κ2) is 26.6. The molecule has 0 amide bonds. The Labute approximate surface area is 420 Å². The summed E-state index contributed by atoms with van der Waals surface area (Å²) in [5.41, 5.74) is 14.8. The van der Waals surface area contributed by atoms with Crippen molar-refractivity contribution in [3.05, 3.63) is 191 Å². The van der Waals surface area contributed by atoms with Crippen LogP contribution in [0, 0.1) is 39.7 Å². The largest absolute Gasteiger partial charge is 0.490 e. The molecule has 0 aliphatic rings. The third kappa shape index (κ3) is 17.0. The van der Waals surface area contributed by atoms with Gasteiger partial charge < -0.3 is 39.9 Å². The van der Waals surface area contributed by atoms with E-state index in [1.807, 2.05) is 36.4 Å². The van der Waals surface area contributed by atoms with Crippen LogP contribution in [0.4, 0.5) is 20.2 Å². The third-order valence-corrected chi connectivity index (χ3v) is 10.9. The highest BCUT2D eigenvalue weighted by Gasteiger charge is 2.35. The van der Waals surface area contributed by atoms with Gasteiger partial charge in [-0.2, -0.15) is 10.5 Å². The van der Waals surface area contributed by atoms with Crippen LogP contribution in [0.5, 0.6) is 23.0 Å². The summed E-state index contributed by atoms with van der Waals surface area (Å²) in [5.74, 6) is -4.20. The molecule has 14 nitrogen and oxygen atoms in total. The second-order valence-corrected chi connectivity index (χ2v) is 16.6. The summed E-state index contributed by atoms with van der Waals surface area (Å²) in [5, 5.41) is 17.3. The smallest absolute Gasteiger partial charge is 0.343 e. The molecule has 6 rings (SSSR count). The minimum absolute atomic E-state index is 0.0355. The number of ether oxygens (including phenoxy) is 6. The van der Waals surface area contributed by atoms with Crippen molar-refractivity contribution in [1.82, 2.24) is 0 Å². The molecular formula is C57H50F2N4O10. The van der Waals surface area contributed by atoms with Gasteiger partial charge in [0.2, 0.25) is 0 Å². The van der Waals surface area contributed by atoms with Crippen molar-refractivity contribution >= 4 is 47.4 Å².